The van der Waals surface area contributed by atoms with Crippen molar-refractivity contribution in [2.45, 2.75) is 31.9 Å². The number of nitrogens with zero attached hydrogens (tertiary/aromatic N) is 3. The van der Waals surface area contributed by atoms with Crippen LogP contribution in [-0.2, 0) is 11.2 Å². The van der Waals surface area contributed by atoms with Crippen LogP contribution in [0.3, 0.4) is 0 Å². The normalized spacial score (nSPS) is 18.6. The number of imidazole rings is 1. The molecule has 0 saturated carbocycles. The maximum atomic E-state index is 5.99. The highest BCUT2D eigenvalue weighted by Crippen LogP contribution is 2.28. The van der Waals surface area contributed by atoms with E-state index in [1.54, 1.807) is 0 Å². The molecule has 3 aromatic rings. The van der Waals surface area contributed by atoms with Gasteiger partial charge in [0.2, 0.25) is 0 Å². The van der Waals surface area contributed by atoms with Crippen molar-refractivity contribution in [2.24, 2.45) is 0 Å². The van der Waals surface area contributed by atoms with Gasteiger partial charge >= 0.3 is 0 Å². The second-order valence-corrected chi connectivity index (χ2v) is 5.73. The van der Waals surface area contributed by atoms with Crippen LogP contribution in [0.25, 0.3) is 11.2 Å². The van der Waals surface area contributed by atoms with Gasteiger partial charge in [-0.3, -0.25) is 4.57 Å². The van der Waals surface area contributed by atoms with Crippen molar-refractivity contribution in [1.29, 1.82) is 0 Å². The predicted molar refractivity (Wildman–Crippen MR) is 85.6 cm³/mol. The third-order valence-electron chi connectivity index (χ3n) is 4.17. The Morgan fingerprint density at radius 2 is 2.00 bits per heavy atom. The second kappa shape index (κ2) is 5.89. The first-order chi connectivity index (χ1) is 10.9. The smallest absolute Gasteiger partial charge is 0.162 e. The monoisotopic (exact) mass is 293 g/mol. The van der Waals surface area contributed by atoms with Crippen molar-refractivity contribution in [3.05, 3.63) is 60.0 Å². The van der Waals surface area contributed by atoms with E-state index in [0.717, 1.165) is 42.9 Å². The summed E-state index contributed by atoms with van der Waals surface area (Å²) in [4.78, 5) is 9.34. The van der Waals surface area contributed by atoms with Crippen molar-refractivity contribution in [2.75, 3.05) is 6.61 Å². The molecule has 1 unspecified atom stereocenters. The summed E-state index contributed by atoms with van der Waals surface area (Å²) in [6, 6.07) is 14.4. The van der Waals surface area contributed by atoms with Gasteiger partial charge in [0.15, 0.2) is 5.65 Å². The molecule has 0 aliphatic carbocycles. The number of pyridine rings is 1. The molecule has 4 rings (SSSR count). The molecule has 1 fully saturated rings. The zero-order chi connectivity index (χ0) is 14.8. The van der Waals surface area contributed by atoms with Crippen molar-refractivity contribution >= 4 is 11.2 Å². The number of rotatable bonds is 3. The molecular formula is C18H19N3O. The van der Waals surface area contributed by atoms with Crippen LogP contribution in [0.5, 0.6) is 0 Å². The fourth-order valence-corrected chi connectivity index (χ4v) is 3.11. The molecule has 3 heterocycles. The van der Waals surface area contributed by atoms with Crippen LogP contribution in [0.2, 0.25) is 0 Å². The van der Waals surface area contributed by atoms with Crippen LogP contribution < -0.4 is 0 Å². The van der Waals surface area contributed by atoms with Crippen LogP contribution in [-0.4, -0.2) is 21.1 Å². The van der Waals surface area contributed by atoms with Crippen LogP contribution in [0.1, 0.15) is 36.9 Å². The molecule has 2 aromatic heterocycles. The Balaban J connectivity index is 1.79. The van der Waals surface area contributed by atoms with E-state index in [2.05, 4.69) is 33.8 Å². The van der Waals surface area contributed by atoms with E-state index in [4.69, 9.17) is 9.72 Å². The Labute approximate surface area is 129 Å². The second-order valence-electron chi connectivity index (χ2n) is 5.73. The minimum absolute atomic E-state index is 0.0624. The lowest BCUT2D eigenvalue weighted by molar-refractivity contribution is -0.0311. The molecule has 22 heavy (non-hydrogen) atoms. The highest BCUT2D eigenvalue weighted by Gasteiger charge is 2.22. The first-order valence-corrected chi connectivity index (χ1v) is 7.89. The molecular weight excluding hydrogens is 274 g/mol. The number of hydrogen-bond acceptors (Lipinski definition) is 3. The van der Waals surface area contributed by atoms with Crippen molar-refractivity contribution in [3.63, 3.8) is 0 Å². The summed E-state index contributed by atoms with van der Waals surface area (Å²) in [6.45, 7) is 0.821. The van der Waals surface area contributed by atoms with Crippen LogP contribution >= 0.6 is 0 Å². The number of fused-ring (bicyclic) bond motifs is 1. The number of ether oxygens (including phenoxy) is 1. The number of hydrogen-bond donors (Lipinski definition) is 0. The Bertz CT molecular complexity index is 760. The van der Waals surface area contributed by atoms with Gasteiger partial charge in [-0.1, -0.05) is 30.3 Å². The summed E-state index contributed by atoms with van der Waals surface area (Å²) >= 11 is 0. The maximum Gasteiger partial charge on any atom is 0.162 e. The molecule has 1 aromatic carbocycles. The first kappa shape index (κ1) is 13.5. The molecule has 0 N–H and O–H groups in total. The van der Waals surface area contributed by atoms with E-state index < -0.39 is 0 Å². The summed E-state index contributed by atoms with van der Waals surface area (Å²) in [5.74, 6) is 1.03. The van der Waals surface area contributed by atoms with Crippen molar-refractivity contribution < 1.29 is 4.74 Å². The van der Waals surface area contributed by atoms with Gasteiger partial charge in [-0.05, 0) is 37.0 Å². The summed E-state index contributed by atoms with van der Waals surface area (Å²) in [5, 5.41) is 0. The van der Waals surface area contributed by atoms with Crippen molar-refractivity contribution in [3.8, 4) is 0 Å². The molecule has 1 atom stereocenters. The van der Waals surface area contributed by atoms with E-state index >= 15 is 0 Å². The van der Waals surface area contributed by atoms with Gasteiger partial charge < -0.3 is 4.74 Å². The topological polar surface area (TPSA) is 39.9 Å². The third-order valence-corrected chi connectivity index (χ3v) is 4.17. The Hall–Kier alpha value is -2.20. The largest absolute Gasteiger partial charge is 0.358 e. The van der Waals surface area contributed by atoms with E-state index in [1.165, 1.54) is 12.0 Å². The Kier molecular flexibility index (Phi) is 3.60. The fraction of sp³-hybridized carbons (Fsp3) is 0.333. The molecule has 0 spiro atoms. The van der Waals surface area contributed by atoms with Gasteiger partial charge in [-0.15, -0.1) is 0 Å². The third kappa shape index (κ3) is 2.50. The fourth-order valence-electron chi connectivity index (χ4n) is 3.11. The lowest BCUT2D eigenvalue weighted by Gasteiger charge is -2.25. The minimum Gasteiger partial charge on any atom is -0.358 e. The average Bonchev–Trinajstić information content (AvgIpc) is 2.94. The number of aromatic nitrogens is 3. The quantitative estimate of drug-likeness (QED) is 0.739. The molecule has 4 heteroatoms. The molecule has 1 aliphatic rings. The summed E-state index contributed by atoms with van der Waals surface area (Å²) in [5.41, 5.74) is 3.14. The SMILES string of the molecule is c1ccc(Cc2nc3cccnc3n2C2CCCCO2)cc1. The predicted octanol–water partition coefficient (Wildman–Crippen LogP) is 3.72. The highest BCUT2D eigenvalue weighted by atomic mass is 16.5. The number of benzene rings is 1. The van der Waals surface area contributed by atoms with Crippen LogP contribution in [0, 0.1) is 0 Å². The van der Waals surface area contributed by atoms with Gasteiger partial charge in [0.25, 0.3) is 0 Å². The molecule has 0 amide bonds. The lowest BCUT2D eigenvalue weighted by atomic mass is 10.1. The summed E-state index contributed by atoms with van der Waals surface area (Å²) < 4.78 is 8.19. The van der Waals surface area contributed by atoms with Gasteiger partial charge in [0, 0.05) is 19.2 Å². The molecule has 112 valence electrons. The van der Waals surface area contributed by atoms with E-state index in [1.807, 2.05) is 24.4 Å². The molecule has 1 aliphatic heterocycles. The zero-order valence-corrected chi connectivity index (χ0v) is 12.5. The highest BCUT2D eigenvalue weighted by molar-refractivity contribution is 5.71. The molecule has 0 radical (unpaired) electrons. The molecule has 0 bridgehead atoms. The van der Waals surface area contributed by atoms with Gasteiger partial charge in [0.1, 0.15) is 17.6 Å². The van der Waals surface area contributed by atoms with E-state index in [0.29, 0.717) is 0 Å². The molecule has 4 nitrogen and oxygen atoms in total. The Morgan fingerprint density at radius 1 is 1.09 bits per heavy atom. The van der Waals surface area contributed by atoms with E-state index in [9.17, 15) is 0 Å². The van der Waals surface area contributed by atoms with Gasteiger partial charge in [0.05, 0.1) is 0 Å². The molecule has 1 saturated heterocycles. The van der Waals surface area contributed by atoms with Gasteiger partial charge in [-0.2, -0.15) is 0 Å². The van der Waals surface area contributed by atoms with Gasteiger partial charge in [-0.25, -0.2) is 9.97 Å². The standard InChI is InChI=1S/C18H19N3O/c1-2-7-14(8-3-1)13-16-20-15-9-6-11-19-18(15)21(16)17-10-4-5-12-22-17/h1-3,6-9,11,17H,4-5,10,12-13H2. The van der Waals surface area contributed by atoms with Crippen molar-refractivity contribution in [1.82, 2.24) is 14.5 Å². The minimum atomic E-state index is 0.0624. The van der Waals surface area contributed by atoms with Crippen LogP contribution in [0.15, 0.2) is 48.7 Å². The lowest BCUT2D eigenvalue weighted by Crippen LogP contribution is -2.20. The summed E-state index contributed by atoms with van der Waals surface area (Å²) in [7, 11) is 0. The van der Waals surface area contributed by atoms with E-state index in [-0.39, 0.29) is 6.23 Å². The zero-order valence-electron chi connectivity index (χ0n) is 12.5. The van der Waals surface area contributed by atoms with Crippen LogP contribution in [0.4, 0.5) is 0 Å². The summed E-state index contributed by atoms with van der Waals surface area (Å²) in [6.07, 6.45) is 6.07. The first-order valence-electron chi connectivity index (χ1n) is 7.89. The Morgan fingerprint density at radius 3 is 2.82 bits per heavy atom. The maximum absolute atomic E-state index is 5.99. The average molecular weight is 293 g/mol.